The number of nitrogens with one attached hydrogen (secondary N) is 1. The van der Waals surface area contributed by atoms with E-state index in [1.54, 1.807) is 6.20 Å². The molecule has 1 aromatic heterocycles. The summed E-state index contributed by atoms with van der Waals surface area (Å²) in [4.78, 5) is 16.4. The molecule has 2 heterocycles. The average Bonchev–Trinajstić information content (AvgIpc) is 3.23. The Bertz CT molecular complexity index is 954. The van der Waals surface area contributed by atoms with E-state index in [4.69, 9.17) is 0 Å². The molecule has 0 saturated carbocycles. The first-order valence-corrected chi connectivity index (χ1v) is 10.9. The Balaban J connectivity index is 1.29. The lowest BCUT2D eigenvalue weighted by atomic mass is 10.0. The molecule has 0 radical (unpaired) electrons. The number of hydrogen-bond donors (Lipinski definition) is 1. The molecule has 1 amide bonds. The summed E-state index contributed by atoms with van der Waals surface area (Å²) in [5.41, 5.74) is 4.62. The first kappa shape index (κ1) is 20.4. The standard InChI is InChI=1S/C25H30N4O/c1-20(2)23-10-8-22(9-11-23)17-27-12-14-28(15-13-27)25(30)24-16-26-29(19-24)18-21-6-4-3-5-7-21/h3-11,16,19-20H,12-15,17-18H2,1-2H3/p+1. The van der Waals surface area contributed by atoms with Gasteiger partial charge in [0.1, 0.15) is 6.54 Å². The van der Waals surface area contributed by atoms with Crippen LogP contribution >= 0.6 is 0 Å². The molecule has 0 aliphatic carbocycles. The molecule has 5 nitrogen and oxygen atoms in total. The van der Waals surface area contributed by atoms with Crippen LogP contribution in [0.15, 0.2) is 67.0 Å². The lowest BCUT2D eigenvalue weighted by Crippen LogP contribution is -3.13. The lowest BCUT2D eigenvalue weighted by molar-refractivity contribution is -0.917. The predicted molar refractivity (Wildman–Crippen MR) is 119 cm³/mol. The van der Waals surface area contributed by atoms with Gasteiger partial charge in [-0.2, -0.15) is 5.10 Å². The Hall–Kier alpha value is -2.92. The summed E-state index contributed by atoms with van der Waals surface area (Å²) in [6.45, 7) is 9.71. The van der Waals surface area contributed by atoms with Gasteiger partial charge in [0.2, 0.25) is 0 Å². The SMILES string of the molecule is CC(C)c1ccc(C[NH+]2CCN(C(=O)c3cnn(Cc4ccccc4)c3)CC2)cc1. The number of hydrogen-bond acceptors (Lipinski definition) is 2. The zero-order chi connectivity index (χ0) is 20.9. The average molecular weight is 404 g/mol. The number of aromatic nitrogens is 2. The highest BCUT2D eigenvalue weighted by Gasteiger charge is 2.25. The van der Waals surface area contributed by atoms with Gasteiger partial charge in [-0.15, -0.1) is 0 Å². The summed E-state index contributed by atoms with van der Waals surface area (Å²) in [6.07, 6.45) is 3.56. The smallest absolute Gasteiger partial charge is 0.257 e. The molecule has 1 aliphatic heterocycles. The van der Waals surface area contributed by atoms with Gasteiger partial charge in [0, 0.05) is 11.8 Å². The molecule has 5 heteroatoms. The van der Waals surface area contributed by atoms with Gasteiger partial charge >= 0.3 is 0 Å². The number of carbonyl (C=O) groups is 1. The summed E-state index contributed by atoms with van der Waals surface area (Å²) in [7, 11) is 0. The second-order valence-corrected chi connectivity index (χ2v) is 8.53. The van der Waals surface area contributed by atoms with E-state index in [-0.39, 0.29) is 5.91 Å². The Morgan fingerprint density at radius 3 is 2.37 bits per heavy atom. The first-order valence-electron chi connectivity index (χ1n) is 10.9. The van der Waals surface area contributed by atoms with E-state index in [0.29, 0.717) is 18.0 Å². The normalized spacial score (nSPS) is 15.0. The fraction of sp³-hybridized carbons (Fsp3) is 0.360. The minimum absolute atomic E-state index is 0.0923. The van der Waals surface area contributed by atoms with Crippen LogP contribution in [0.4, 0.5) is 0 Å². The molecule has 0 spiro atoms. The maximum absolute atomic E-state index is 12.9. The van der Waals surface area contributed by atoms with Crippen LogP contribution < -0.4 is 4.90 Å². The van der Waals surface area contributed by atoms with Crippen molar-refractivity contribution in [2.45, 2.75) is 32.9 Å². The quantitative estimate of drug-likeness (QED) is 0.688. The topological polar surface area (TPSA) is 42.6 Å². The van der Waals surface area contributed by atoms with Crippen LogP contribution in [-0.2, 0) is 13.1 Å². The molecule has 4 rings (SSSR count). The Labute approximate surface area is 178 Å². The third-order valence-electron chi connectivity index (χ3n) is 5.93. The van der Waals surface area contributed by atoms with Crippen LogP contribution in [0.25, 0.3) is 0 Å². The molecule has 0 unspecified atom stereocenters. The minimum atomic E-state index is 0.0923. The fourth-order valence-corrected chi connectivity index (χ4v) is 4.03. The molecule has 30 heavy (non-hydrogen) atoms. The van der Waals surface area contributed by atoms with Crippen molar-refractivity contribution in [3.8, 4) is 0 Å². The molecule has 1 saturated heterocycles. The zero-order valence-corrected chi connectivity index (χ0v) is 17.9. The molecular formula is C25H31N4O+. The number of nitrogens with zero attached hydrogens (tertiary/aromatic N) is 3. The molecule has 0 atom stereocenters. The maximum Gasteiger partial charge on any atom is 0.257 e. The Morgan fingerprint density at radius 2 is 1.70 bits per heavy atom. The highest BCUT2D eigenvalue weighted by Crippen LogP contribution is 2.14. The summed E-state index contributed by atoms with van der Waals surface area (Å²) >= 11 is 0. The van der Waals surface area contributed by atoms with Crippen molar-refractivity contribution in [1.29, 1.82) is 0 Å². The lowest BCUT2D eigenvalue weighted by Gasteiger charge is -2.32. The van der Waals surface area contributed by atoms with Gasteiger partial charge in [0.25, 0.3) is 5.91 Å². The van der Waals surface area contributed by atoms with Crippen molar-refractivity contribution in [3.05, 3.63) is 89.2 Å². The van der Waals surface area contributed by atoms with Crippen molar-refractivity contribution in [2.24, 2.45) is 0 Å². The molecule has 1 aliphatic rings. The van der Waals surface area contributed by atoms with E-state index in [1.807, 2.05) is 34.0 Å². The molecule has 2 aromatic carbocycles. The van der Waals surface area contributed by atoms with Crippen LogP contribution in [0, 0.1) is 0 Å². The van der Waals surface area contributed by atoms with Crippen LogP contribution in [0.3, 0.4) is 0 Å². The summed E-state index contributed by atoms with van der Waals surface area (Å²) < 4.78 is 1.84. The van der Waals surface area contributed by atoms with E-state index in [0.717, 1.165) is 32.7 Å². The second-order valence-electron chi connectivity index (χ2n) is 8.53. The van der Waals surface area contributed by atoms with Crippen molar-refractivity contribution < 1.29 is 9.69 Å². The number of amides is 1. The number of benzene rings is 2. The van der Waals surface area contributed by atoms with Crippen molar-refractivity contribution in [2.75, 3.05) is 26.2 Å². The summed E-state index contributed by atoms with van der Waals surface area (Å²) in [6, 6.07) is 19.2. The largest absolute Gasteiger partial charge is 0.328 e. The van der Waals surface area contributed by atoms with E-state index < -0.39 is 0 Å². The summed E-state index contributed by atoms with van der Waals surface area (Å²) in [5, 5.41) is 4.38. The van der Waals surface area contributed by atoms with Gasteiger partial charge in [-0.1, -0.05) is 68.4 Å². The Morgan fingerprint density at radius 1 is 1.00 bits per heavy atom. The van der Waals surface area contributed by atoms with E-state index in [2.05, 4.69) is 55.3 Å². The van der Waals surface area contributed by atoms with E-state index in [1.165, 1.54) is 21.6 Å². The number of rotatable bonds is 6. The van der Waals surface area contributed by atoms with Crippen LogP contribution in [0.1, 0.15) is 46.8 Å². The van der Waals surface area contributed by atoms with Gasteiger partial charge in [0.05, 0.1) is 44.5 Å². The number of carbonyl (C=O) groups excluding carboxylic acids is 1. The number of piperazine rings is 1. The van der Waals surface area contributed by atoms with Crippen molar-refractivity contribution in [1.82, 2.24) is 14.7 Å². The van der Waals surface area contributed by atoms with Gasteiger partial charge < -0.3 is 9.80 Å². The van der Waals surface area contributed by atoms with Crippen LogP contribution in [0.2, 0.25) is 0 Å². The zero-order valence-electron chi connectivity index (χ0n) is 17.9. The van der Waals surface area contributed by atoms with Gasteiger partial charge in [-0.3, -0.25) is 9.48 Å². The highest BCUT2D eigenvalue weighted by molar-refractivity contribution is 5.93. The fourth-order valence-electron chi connectivity index (χ4n) is 4.03. The Kier molecular flexibility index (Phi) is 6.29. The van der Waals surface area contributed by atoms with Gasteiger partial charge in [-0.25, -0.2) is 0 Å². The molecule has 3 aromatic rings. The van der Waals surface area contributed by atoms with Crippen LogP contribution in [0.5, 0.6) is 0 Å². The van der Waals surface area contributed by atoms with E-state index >= 15 is 0 Å². The van der Waals surface area contributed by atoms with E-state index in [9.17, 15) is 4.79 Å². The van der Waals surface area contributed by atoms with Crippen molar-refractivity contribution in [3.63, 3.8) is 0 Å². The highest BCUT2D eigenvalue weighted by atomic mass is 16.2. The number of quaternary nitrogens is 1. The molecular weight excluding hydrogens is 372 g/mol. The molecule has 1 fully saturated rings. The molecule has 0 bridgehead atoms. The predicted octanol–water partition coefficient (Wildman–Crippen LogP) is 2.60. The molecule has 156 valence electrons. The minimum Gasteiger partial charge on any atom is -0.328 e. The summed E-state index contributed by atoms with van der Waals surface area (Å²) in [5.74, 6) is 0.660. The second kappa shape index (κ2) is 9.26. The third-order valence-corrected chi connectivity index (χ3v) is 5.93. The van der Waals surface area contributed by atoms with Gasteiger partial charge in [-0.05, 0) is 17.0 Å². The monoisotopic (exact) mass is 403 g/mol. The van der Waals surface area contributed by atoms with Crippen molar-refractivity contribution >= 4 is 5.91 Å². The maximum atomic E-state index is 12.9. The first-order chi connectivity index (χ1) is 14.6. The van der Waals surface area contributed by atoms with Gasteiger partial charge in [0.15, 0.2) is 0 Å². The molecule has 1 N–H and O–H groups in total. The van der Waals surface area contributed by atoms with Crippen LogP contribution in [-0.4, -0.2) is 46.8 Å². The third kappa shape index (κ3) is 4.97.